The van der Waals surface area contributed by atoms with E-state index < -0.39 is 21.7 Å². The first kappa shape index (κ1) is 15.7. The van der Waals surface area contributed by atoms with Crippen molar-refractivity contribution in [3.8, 4) is 0 Å². The van der Waals surface area contributed by atoms with Gasteiger partial charge in [-0.2, -0.15) is 0 Å². The summed E-state index contributed by atoms with van der Waals surface area (Å²) in [5.41, 5.74) is 0.0538. The van der Waals surface area contributed by atoms with Crippen LogP contribution in [0.25, 0.3) is 0 Å². The van der Waals surface area contributed by atoms with Crippen LogP contribution in [0.5, 0.6) is 0 Å². The molecule has 1 unspecified atom stereocenters. The number of hydrogen-bond acceptors (Lipinski definition) is 5. The molecule has 2 fully saturated rings. The Balaban J connectivity index is 2.02. The van der Waals surface area contributed by atoms with Crippen LogP contribution in [-0.2, 0) is 19.6 Å². The molecule has 2 heterocycles. The number of hydrogen-bond donors (Lipinski definition) is 1. The fourth-order valence-corrected chi connectivity index (χ4v) is 4.66. The van der Waals surface area contributed by atoms with E-state index in [-0.39, 0.29) is 12.0 Å². The fourth-order valence-electron chi connectivity index (χ4n) is 3.22. The van der Waals surface area contributed by atoms with Gasteiger partial charge in [-0.15, -0.1) is 0 Å². The zero-order chi connectivity index (χ0) is 14.6. The maximum absolute atomic E-state index is 12.3. The number of ether oxygens (including phenoxy) is 1. The number of rotatable bonds is 4. The van der Waals surface area contributed by atoms with Crippen LogP contribution >= 0.6 is 0 Å². The average molecular weight is 304 g/mol. The normalized spacial score (nSPS) is 28.4. The zero-order valence-electron chi connectivity index (χ0n) is 12.1. The van der Waals surface area contributed by atoms with Crippen molar-refractivity contribution in [2.75, 3.05) is 38.5 Å². The van der Waals surface area contributed by atoms with Crippen LogP contribution in [-0.4, -0.2) is 57.2 Å². The van der Waals surface area contributed by atoms with E-state index in [9.17, 15) is 13.2 Å². The lowest BCUT2D eigenvalue weighted by molar-refractivity contribution is -0.140. The van der Waals surface area contributed by atoms with Gasteiger partial charge in [0, 0.05) is 19.6 Å². The van der Waals surface area contributed by atoms with Crippen molar-refractivity contribution in [2.45, 2.75) is 32.6 Å². The Bertz CT molecular complexity index is 438. The third kappa shape index (κ3) is 3.71. The number of piperidine rings is 2. The first-order valence-corrected chi connectivity index (χ1v) is 8.93. The van der Waals surface area contributed by atoms with E-state index in [2.05, 4.69) is 5.32 Å². The molecule has 2 aliphatic heterocycles. The van der Waals surface area contributed by atoms with Crippen LogP contribution in [0.4, 0.5) is 0 Å². The molecule has 1 spiro atoms. The second-order valence-electron chi connectivity index (χ2n) is 5.78. The third-order valence-electron chi connectivity index (χ3n) is 4.19. The van der Waals surface area contributed by atoms with E-state index in [4.69, 9.17) is 4.74 Å². The molecule has 0 radical (unpaired) electrons. The Kier molecular flexibility index (Phi) is 5.04. The molecule has 0 saturated carbocycles. The average Bonchev–Trinajstić information content (AvgIpc) is 2.39. The summed E-state index contributed by atoms with van der Waals surface area (Å²) in [6.07, 6.45) is 4.08. The molecular formula is C13H24N2O4S. The maximum atomic E-state index is 12.3. The summed E-state index contributed by atoms with van der Waals surface area (Å²) in [6, 6.07) is 0. The second-order valence-corrected chi connectivity index (χ2v) is 7.75. The summed E-state index contributed by atoms with van der Waals surface area (Å²) in [6.45, 7) is 4.82. The SMILES string of the molecule is CCOC(=O)CS(=O)(=O)N1CCCC2(CCCNC2)C1. The Labute approximate surface area is 120 Å². The van der Waals surface area contributed by atoms with E-state index in [1.807, 2.05) is 0 Å². The molecule has 1 N–H and O–H groups in total. The quantitative estimate of drug-likeness (QED) is 0.758. The summed E-state index contributed by atoms with van der Waals surface area (Å²) >= 11 is 0. The lowest BCUT2D eigenvalue weighted by Gasteiger charge is -2.44. The van der Waals surface area contributed by atoms with Crippen molar-refractivity contribution in [3.63, 3.8) is 0 Å². The first-order valence-electron chi connectivity index (χ1n) is 7.32. The zero-order valence-corrected chi connectivity index (χ0v) is 12.9. The largest absolute Gasteiger partial charge is 0.465 e. The third-order valence-corrected chi connectivity index (χ3v) is 5.88. The predicted molar refractivity (Wildman–Crippen MR) is 75.8 cm³/mol. The molecule has 2 aliphatic rings. The van der Waals surface area contributed by atoms with Crippen LogP contribution < -0.4 is 5.32 Å². The second kappa shape index (κ2) is 6.41. The molecule has 0 amide bonds. The topological polar surface area (TPSA) is 75.7 Å². The lowest BCUT2D eigenvalue weighted by Crippen LogP contribution is -2.53. The van der Waals surface area contributed by atoms with Gasteiger partial charge in [-0.1, -0.05) is 0 Å². The van der Waals surface area contributed by atoms with E-state index >= 15 is 0 Å². The number of carbonyl (C=O) groups is 1. The van der Waals surface area contributed by atoms with Crippen molar-refractivity contribution in [3.05, 3.63) is 0 Å². The van der Waals surface area contributed by atoms with Gasteiger partial charge < -0.3 is 10.1 Å². The van der Waals surface area contributed by atoms with Crippen molar-refractivity contribution in [1.29, 1.82) is 0 Å². The molecule has 0 aromatic heterocycles. The van der Waals surface area contributed by atoms with E-state index in [0.717, 1.165) is 38.8 Å². The van der Waals surface area contributed by atoms with Gasteiger partial charge in [0.2, 0.25) is 10.0 Å². The van der Waals surface area contributed by atoms with Gasteiger partial charge in [-0.3, -0.25) is 4.79 Å². The molecule has 0 aliphatic carbocycles. The highest BCUT2D eigenvalue weighted by Gasteiger charge is 2.40. The maximum Gasteiger partial charge on any atom is 0.322 e. The molecule has 2 rings (SSSR count). The number of nitrogens with one attached hydrogen (secondary N) is 1. The smallest absolute Gasteiger partial charge is 0.322 e. The minimum atomic E-state index is -3.55. The van der Waals surface area contributed by atoms with Gasteiger partial charge in [0.25, 0.3) is 0 Å². The molecule has 0 aromatic carbocycles. The van der Waals surface area contributed by atoms with Gasteiger partial charge >= 0.3 is 5.97 Å². The molecule has 116 valence electrons. The van der Waals surface area contributed by atoms with Gasteiger partial charge in [0.15, 0.2) is 5.75 Å². The molecule has 0 bridgehead atoms. The van der Waals surface area contributed by atoms with Crippen LogP contribution in [0, 0.1) is 5.41 Å². The van der Waals surface area contributed by atoms with Gasteiger partial charge in [0.1, 0.15) is 0 Å². The van der Waals surface area contributed by atoms with Crippen LogP contribution in [0.3, 0.4) is 0 Å². The summed E-state index contributed by atoms with van der Waals surface area (Å²) in [7, 11) is -3.55. The molecule has 7 heteroatoms. The Morgan fingerprint density at radius 3 is 2.75 bits per heavy atom. The molecule has 1 atom stereocenters. The summed E-state index contributed by atoms with van der Waals surface area (Å²) in [4.78, 5) is 11.4. The molecule has 2 saturated heterocycles. The Morgan fingerprint density at radius 1 is 1.35 bits per heavy atom. The number of nitrogens with zero attached hydrogens (tertiary/aromatic N) is 1. The minimum absolute atomic E-state index is 0.0538. The van der Waals surface area contributed by atoms with Crippen molar-refractivity contribution in [1.82, 2.24) is 9.62 Å². The summed E-state index contributed by atoms with van der Waals surface area (Å²) in [5.74, 6) is -1.20. The highest BCUT2D eigenvalue weighted by molar-refractivity contribution is 7.89. The van der Waals surface area contributed by atoms with Crippen molar-refractivity contribution < 1.29 is 17.9 Å². The van der Waals surface area contributed by atoms with E-state index in [0.29, 0.717) is 13.1 Å². The standard InChI is InChI=1S/C13H24N2O4S/c1-2-19-12(16)9-20(17,18)15-8-4-6-13(11-15)5-3-7-14-10-13/h14H,2-11H2,1H3. The van der Waals surface area contributed by atoms with E-state index in [1.165, 1.54) is 4.31 Å². The number of sulfonamides is 1. The highest BCUT2D eigenvalue weighted by Crippen LogP contribution is 2.36. The van der Waals surface area contributed by atoms with Gasteiger partial charge in [-0.05, 0) is 44.6 Å². The predicted octanol–water partition coefficient (Wildman–Crippen LogP) is 0.345. The summed E-state index contributed by atoms with van der Waals surface area (Å²) < 4.78 is 30.8. The molecule has 20 heavy (non-hydrogen) atoms. The van der Waals surface area contributed by atoms with Crippen molar-refractivity contribution in [2.24, 2.45) is 5.41 Å². The Hall–Kier alpha value is -0.660. The Morgan fingerprint density at radius 2 is 2.10 bits per heavy atom. The van der Waals surface area contributed by atoms with Crippen LogP contribution in [0.2, 0.25) is 0 Å². The highest BCUT2D eigenvalue weighted by atomic mass is 32.2. The number of esters is 1. The van der Waals surface area contributed by atoms with Crippen LogP contribution in [0.1, 0.15) is 32.6 Å². The minimum Gasteiger partial charge on any atom is -0.465 e. The first-order chi connectivity index (χ1) is 9.47. The monoisotopic (exact) mass is 304 g/mol. The summed E-state index contributed by atoms with van der Waals surface area (Å²) in [5, 5.41) is 3.37. The number of carbonyl (C=O) groups excluding carboxylic acids is 1. The lowest BCUT2D eigenvalue weighted by atomic mass is 9.75. The van der Waals surface area contributed by atoms with E-state index in [1.54, 1.807) is 6.92 Å². The molecule has 0 aromatic rings. The molecule has 6 nitrogen and oxygen atoms in total. The van der Waals surface area contributed by atoms with Gasteiger partial charge in [0.05, 0.1) is 6.61 Å². The van der Waals surface area contributed by atoms with Crippen molar-refractivity contribution >= 4 is 16.0 Å². The fraction of sp³-hybridized carbons (Fsp3) is 0.923. The van der Waals surface area contributed by atoms with Crippen LogP contribution in [0.15, 0.2) is 0 Å². The van der Waals surface area contributed by atoms with Gasteiger partial charge in [-0.25, -0.2) is 12.7 Å². The molecular weight excluding hydrogens is 280 g/mol.